The average Bonchev–Trinajstić information content (AvgIpc) is 3.36. The minimum Gasteiger partial charge on any atom is -0.351 e. The number of hydrogen-bond acceptors (Lipinski definition) is 3. The summed E-state index contributed by atoms with van der Waals surface area (Å²) in [6.45, 7) is 3.89. The van der Waals surface area contributed by atoms with Gasteiger partial charge in [0.15, 0.2) is 5.69 Å². The van der Waals surface area contributed by atoms with Crippen LogP contribution in [0, 0.1) is 0 Å². The van der Waals surface area contributed by atoms with Gasteiger partial charge in [-0.05, 0) is 38.3 Å². The Hall–Kier alpha value is -3.09. The van der Waals surface area contributed by atoms with Crippen molar-refractivity contribution in [2.24, 2.45) is 0 Å². The maximum absolute atomic E-state index is 13.1. The fraction of sp³-hybridized carbons (Fsp3) is 0.409. The molecule has 2 aliphatic rings. The van der Waals surface area contributed by atoms with Gasteiger partial charge in [0.2, 0.25) is 0 Å². The number of likely N-dealkylation sites (tertiary alicyclic amines) is 1. The van der Waals surface area contributed by atoms with Gasteiger partial charge in [-0.3, -0.25) is 14.7 Å². The minimum absolute atomic E-state index is 0.0189. The van der Waals surface area contributed by atoms with E-state index in [4.69, 9.17) is 0 Å². The van der Waals surface area contributed by atoms with Gasteiger partial charge in [0.05, 0.1) is 6.54 Å². The van der Waals surface area contributed by atoms with E-state index in [0.717, 1.165) is 48.0 Å². The molecule has 150 valence electrons. The Morgan fingerprint density at radius 2 is 2.00 bits per heavy atom. The lowest BCUT2D eigenvalue weighted by Crippen LogP contribution is -2.43. The molecule has 5 rings (SSSR count). The molecule has 3 aromatic rings. The summed E-state index contributed by atoms with van der Waals surface area (Å²) in [5.74, 6) is -0.0626. The van der Waals surface area contributed by atoms with E-state index in [1.165, 1.54) is 0 Å². The van der Waals surface area contributed by atoms with E-state index in [-0.39, 0.29) is 17.9 Å². The summed E-state index contributed by atoms with van der Waals surface area (Å²) >= 11 is 0. The van der Waals surface area contributed by atoms with Crippen molar-refractivity contribution < 1.29 is 9.59 Å². The van der Waals surface area contributed by atoms with E-state index < -0.39 is 0 Å². The van der Waals surface area contributed by atoms with Crippen molar-refractivity contribution in [2.75, 3.05) is 13.1 Å². The van der Waals surface area contributed by atoms with Crippen LogP contribution in [-0.2, 0) is 13.0 Å². The number of aromatic amines is 2. The Morgan fingerprint density at radius 3 is 2.83 bits per heavy atom. The third kappa shape index (κ3) is 3.10. The van der Waals surface area contributed by atoms with Gasteiger partial charge in [0.25, 0.3) is 11.8 Å². The molecule has 0 unspecified atom stereocenters. The van der Waals surface area contributed by atoms with Gasteiger partial charge in [-0.2, -0.15) is 5.10 Å². The van der Waals surface area contributed by atoms with Crippen molar-refractivity contribution in [2.45, 2.75) is 45.2 Å². The molecule has 4 heterocycles. The highest BCUT2D eigenvalue weighted by atomic mass is 16.2. The maximum atomic E-state index is 13.1. The molecule has 2 N–H and O–H groups in total. The van der Waals surface area contributed by atoms with Crippen LogP contribution < -0.4 is 0 Å². The predicted molar refractivity (Wildman–Crippen MR) is 110 cm³/mol. The highest BCUT2D eigenvalue weighted by Crippen LogP contribution is 2.26. The van der Waals surface area contributed by atoms with Crippen LogP contribution in [0.4, 0.5) is 0 Å². The molecular formula is C22H25N5O2. The summed E-state index contributed by atoms with van der Waals surface area (Å²) in [7, 11) is 0. The molecule has 2 amide bonds. The lowest BCUT2D eigenvalue weighted by atomic mass is 10.0. The highest BCUT2D eigenvalue weighted by Gasteiger charge is 2.32. The first-order valence-electron chi connectivity index (χ1n) is 10.4. The summed E-state index contributed by atoms with van der Waals surface area (Å²) in [5.41, 5.74) is 3.84. The summed E-state index contributed by atoms with van der Waals surface area (Å²) < 4.78 is 0. The molecule has 7 nitrogen and oxygen atoms in total. The van der Waals surface area contributed by atoms with Crippen LogP contribution >= 0.6 is 0 Å². The Bertz CT molecular complexity index is 1050. The first-order chi connectivity index (χ1) is 14.1. The number of para-hydroxylation sites is 1. The second-order valence-electron chi connectivity index (χ2n) is 8.12. The van der Waals surface area contributed by atoms with Gasteiger partial charge >= 0.3 is 0 Å². The van der Waals surface area contributed by atoms with E-state index in [0.29, 0.717) is 30.9 Å². The van der Waals surface area contributed by atoms with Gasteiger partial charge in [-0.15, -0.1) is 0 Å². The largest absolute Gasteiger partial charge is 0.351 e. The number of benzene rings is 1. The Morgan fingerprint density at radius 1 is 1.14 bits per heavy atom. The van der Waals surface area contributed by atoms with Crippen LogP contribution in [0.1, 0.15) is 58.4 Å². The fourth-order valence-corrected chi connectivity index (χ4v) is 4.54. The number of rotatable bonds is 2. The van der Waals surface area contributed by atoms with E-state index in [1.54, 1.807) is 4.90 Å². The first kappa shape index (κ1) is 18.0. The Balaban J connectivity index is 1.39. The summed E-state index contributed by atoms with van der Waals surface area (Å²) in [5, 5.41) is 8.41. The standard InChI is InChI=1S/C22H25N5O2/c1-14-6-4-5-10-27(14)22(29)20-16-13-26(11-9-18(16)24-25-20)21(28)19-12-15-7-2-3-8-17(15)23-19/h2-3,7-8,12,14,23H,4-6,9-11,13H2,1H3,(H,24,25)/t14-/m0/s1. The number of nitrogens with zero attached hydrogens (tertiary/aromatic N) is 3. The summed E-state index contributed by atoms with van der Waals surface area (Å²) in [6, 6.07) is 9.99. The van der Waals surface area contributed by atoms with Gasteiger partial charge in [-0.25, -0.2) is 0 Å². The van der Waals surface area contributed by atoms with E-state index in [1.807, 2.05) is 35.2 Å². The van der Waals surface area contributed by atoms with Crippen LogP contribution in [0.25, 0.3) is 10.9 Å². The molecule has 1 atom stereocenters. The molecule has 0 spiro atoms. The van der Waals surface area contributed by atoms with Crippen LogP contribution in [0.5, 0.6) is 0 Å². The zero-order valence-electron chi connectivity index (χ0n) is 16.6. The molecule has 1 aromatic carbocycles. The zero-order valence-corrected chi connectivity index (χ0v) is 16.6. The molecule has 0 aliphatic carbocycles. The number of carbonyl (C=O) groups is 2. The van der Waals surface area contributed by atoms with Crippen molar-refractivity contribution in [1.29, 1.82) is 0 Å². The van der Waals surface area contributed by atoms with E-state index >= 15 is 0 Å². The molecule has 0 bridgehead atoms. The zero-order chi connectivity index (χ0) is 20.0. The lowest BCUT2D eigenvalue weighted by Gasteiger charge is -2.33. The normalized spacial score (nSPS) is 19.4. The minimum atomic E-state index is -0.0437. The number of carbonyl (C=O) groups excluding carboxylic acids is 2. The van der Waals surface area contributed by atoms with Gasteiger partial charge in [-0.1, -0.05) is 18.2 Å². The molecule has 0 saturated carbocycles. The number of fused-ring (bicyclic) bond motifs is 2. The van der Waals surface area contributed by atoms with Crippen molar-refractivity contribution in [3.05, 3.63) is 53.0 Å². The van der Waals surface area contributed by atoms with Crippen LogP contribution in [-0.4, -0.2) is 55.9 Å². The molecule has 7 heteroatoms. The topological polar surface area (TPSA) is 85.1 Å². The molecular weight excluding hydrogens is 366 g/mol. The maximum Gasteiger partial charge on any atom is 0.274 e. The number of piperidine rings is 1. The third-order valence-corrected chi connectivity index (χ3v) is 6.25. The van der Waals surface area contributed by atoms with Gasteiger partial charge in [0, 0.05) is 47.7 Å². The van der Waals surface area contributed by atoms with Crippen LogP contribution in [0.15, 0.2) is 30.3 Å². The lowest BCUT2D eigenvalue weighted by molar-refractivity contribution is 0.0621. The monoisotopic (exact) mass is 391 g/mol. The molecule has 2 aromatic heterocycles. The van der Waals surface area contributed by atoms with Crippen molar-refractivity contribution in [1.82, 2.24) is 25.0 Å². The molecule has 1 saturated heterocycles. The molecule has 0 radical (unpaired) electrons. The second-order valence-corrected chi connectivity index (χ2v) is 8.12. The summed E-state index contributed by atoms with van der Waals surface area (Å²) in [6.07, 6.45) is 3.91. The second kappa shape index (κ2) is 7.06. The van der Waals surface area contributed by atoms with Gasteiger partial charge in [0.1, 0.15) is 5.69 Å². The smallest absolute Gasteiger partial charge is 0.274 e. The fourth-order valence-electron chi connectivity index (χ4n) is 4.54. The predicted octanol–water partition coefficient (Wildman–Crippen LogP) is 3.10. The number of aromatic nitrogens is 3. The van der Waals surface area contributed by atoms with E-state index in [9.17, 15) is 9.59 Å². The van der Waals surface area contributed by atoms with Crippen LogP contribution in [0.3, 0.4) is 0 Å². The third-order valence-electron chi connectivity index (χ3n) is 6.25. The number of hydrogen-bond donors (Lipinski definition) is 2. The summed E-state index contributed by atoms with van der Waals surface area (Å²) in [4.78, 5) is 33.2. The number of H-pyrrole nitrogens is 2. The Labute approximate surface area is 169 Å². The van der Waals surface area contributed by atoms with Crippen molar-refractivity contribution in [3.63, 3.8) is 0 Å². The SMILES string of the molecule is C[C@H]1CCCCN1C(=O)c1n[nH]c2c1CN(C(=O)c1cc3ccccc3[nH]1)CC2. The quantitative estimate of drug-likeness (QED) is 0.704. The molecule has 1 fully saturated rings. The Kier molecular flexibility index (Phi) is 4.38. The van der Waals surface area contributed by atoms with Crippen molar-refractivity contribution >= 4 is 22.7 Å². The molecule has 2 aliphatic heterocycles. The van der Waals surface area contributed by atoms with Gasteiger partial charge < -0.3 is 14.8 Å². The average molecular weight is 391 g/mol. The highest BCUT2D eigenvalue weighted by molar-refractivity contribution is 5.98. The number of amides is 2. The van der Waals surface area contributed by atoms with Crippen LogP contribution in [0.2, 0.25) is 0 Å². The van der Waals surface area contributed by atoms with E-state index in [2.05, 4.69) is 22.1 Å². The molecule has 29 heavy (non-hydrogen) atoms. The number of nitrogens with one attached hydrogen (secondary N) is 2. The first-order valence-corrected chi connectivity index (χ1v) is 10.4. The van der Waals surface area contributed by atoms with Crippen molar-refractivity contribution in [3.8, 4) is 0 Å².